The molecule has 3 amide bonds. The number of carbonyl (C=O) groups excluding carboxylic acids is 2. The molecule has 1 unspecified atom stereocenters. The van der Waals surface area contributed by atoms with Gasteiger partial charge in [0.05, 0.1) is 5.69 Å². The van der Waals surface area contributed by atoms with Crippen molar-refractivity contribution in [2.24, 2.45) is 5.41 Å². The van der Waals surface area contributed by atoms with Gasteiger partial charge >= 0.3 is 6.03 Å². The van der Waals surface area contributed by atoms with Gasteiger partial charge in [-0.15, -0.1) is 0 Å². The molecule has 2 aliphatic rings. The lowest BCUT2D eigenvalue weighted by molar-refractivity contribution is -0.128. The molecular weight excluding hydrogens is 249 g/mol. The molecule has 1 aliphatic heterocycles. The van der Waals surface area contributed by atoms with Crippen LogP contribution in [0.3, 0.4) is 0 Å². The van der Waals surface area contributed by atoms with Crippen molar-refractivity contribution in [3.63, 3.8) is 0 Å². The fourth-order valence-corrected chi connectivity index (χ4v) is 2.53. The van der Waals surface area contributed by atoms with E-state index < -0.39 is 11.6 Å². The monoisotopic (exact) mass is 263 g/mol. The molecule has 3 rings (SSSR count). The molecule has 1 spiro atoms. The molecule has 1 aromatic rings. The van der Waals surface area contributed by atoms with E-state index in [1.165, 1.54) is 24.3 Å². The molecule has 1 heterocycles. The maximum atomic E-state index is 12.8. The van der Waals surface area contributed by atoms with Crippen LogP contribution in [0.2, 0.25) is 0 Å². The van der Waals surface area contributed by atoms with Crippen LogP contribution < -0.4 is 10.7 Å². The highest BCUT2D eigenvalue weighted by Gasteiger charge is 2.72. The molecule has 6 heteroatoms. The zero-order chi connectivity index (χ0) is 13.8. The summed E-state index contributed by atoms with van der Waals surface area (Å²) >= 11 is 0. The van der Waals surface area contributed by atoms with Gasteiger partial charge in [-0.05, 0) is 36.1 Å². The summed E-state index contributed by atoms with van der Waals surface area (Å²) in [6.45, 7) is 3.87. The Kier molecular flexibility index (Phi) is 2.18. The van der Waals surface area contributed by atoms with E-state index in [-0.39, 0.29) is 17.1 Å². The van der Waals surface area contributed by atoms with E-state index in [0.717, 1.165) is 5.01 Å². The molecule has 0 aromatic heterocycles. The van der Waals surface area contributed by atoms with Crippen LogP contribution in [0.4, 0.5) is 14.9 Å². The van der Waals surface area contributed by atoms with Crippen molar-refractivity contribution in [2.45, 2.75) is 25.8 Å². The normalized spacial score (nSPS) is 27.6. The number of hydrogen-bond acceptors (Lipinski definition) is 3. The van der Waals surface area contributed by atoms with Crippen LogP contribution in [0.15, 0.2) is 24.3 Å². The number of amides is 3. The number of hydrazine groups is 1. The third-order valence-corrected chi connectivity index (χ3v) is 3.91. The molecular formula is C13H14FN3O2. The topological polar surface area (TPSA) is 61.4 Å². The maximum Gasteiger partial charge on any atom is 0.344 e. The summed E-state index contributed by atoms with van der Waals surface area (Å²) < 4.78 is 12.8. The number of benzene rings is 1. The number of nitrogens with zero attached hydrogens (tertiary/aromatic N) is 1. The van der Waals surface area contributed by atoms with Gasteiger partial charge in [0.25, 0.3) is 5.91 Å². The van der Waals surface area contributed by atoms with Crippen molar-refractivity contribution in [1.29, 1.82) is 0 Å². The predicted octanol–water partition coefficient (Wildman–Crippen LogP) is 1.87. The minimum atomic E-state index is -0.781. The van der Waals surface area contributed by atoms with Gasteiger partial charge in [-0.25, -0.2) is 9.18 Å². The molecule has 1 aliphatic carbocycles. The summed E-state index contributed by atoms with van der Waals surface area (Å²) in [4.78, 5) is 24.1. The highest BCUT2D eigenvalue weighted by Crippen LogP contribution is 2.58. The molecule has 19 heavy (non-hydrogen) atoms. The third kappa shape index (κ3) is 1.59. The second-order valence-corrected chi connectivity index (χ2v) is 5.66. The number of carbonyl (C=O) groups is 2. The zero-order valence-electron chi connectivity index (χ0n) is 10.7. The smallest absolute Gasteiger partial charge is 0.321 e. The van der Waals surface area contributed by atoms with Crippen LogP contribution in [0.1, 0.15) is 20.3 Å². The van der Waals surface area contributed by atoms with Crippen molar-refractivity contribution in [3.05, 3.63) is 30.1 Å². The van der Waals surface area contributed by atoms with Gasteiger partial charge in [-0.2, -0.15) is 5.01 Å². The second-order valence-electron chi connectivity index (χ2n) is 5.66. The molecule has 1 saturated carbocycles. The Morgan fingerprint density at radius 2 is 1.84 bits per heavy atom. The molecule has 1 atom stereocenters. The summed E-state index contributed by atoms with van der Waals surface area (Å²) in [7, 11) is 0. The van der Waals surface area contributed by atoms with Gasteiger partial charge in [0.15, 0.2) is 0 Å². The average molecular weight is 263 g/mol. The van der Waals surface area contributed by atoms with Crippen LogP contribution in [0.25, 0.3) is 0 Å². The first-order chi connectivity index (χ1) is 8.86. The summed E-state index contributed by atoms with van der Waals surface area (Å²) in [6, 6.07) is 4.99. The first-order valence-corrected chi connectivity index (χ1v) is 6.05. The lowest BCUT2D eigenvalue weighted by atomic mass is 10.1. The summed E-state index contributed by atoms with van der Waals surface area (Å²) in [5.41, 5.74) is 2.19. The quantitative estimate of drug-likeness (QED) is 0.801. The van der Waals surface area contributed by atoms with Crippen molar-refractivity contribution < 1.29 is 14.0 Å². The summed E-state index contributed by atoms with van der Waals surface area (Å²) in [5, 5.41) is 3.69. The van der Waals surface area contributed by atoms with Crippen molar-refractivity contribution in [1.82, 2.24) is 10.3 Å². The van der Waals surface area contributed by atoms with Crippen LogP contribution in [-0.4, -0.2) is 22.5 Å². The zero-order valence-corrected chi connectivity index (χ0v) is 10.7. The van der Waals surface area contributed by atoms with Gasteiger partial charge in [0.1, 0.15) is 11.4 Å². The van der Waals surface area contributed by atoms with Gasteiger partial charge in [0.2, 0.25) is 0 Å². The molecule has 100 valence electrons. The lowest BCUT2D eigenvalue weighted by Gasteiger charge is -2.16. The average Bonchev–Trinajstić information content (AvgIpc) is 2.81. The van der Waals surface area contributed by atoms with E-state index in [9.17, 15) is 14.0 Å². The van der Waals surface area contributed by atoms with Crippen molar-refractivity contribution >= 4 is 17.6 Å². The third-order valence-electron chi connectivity index (χ3n) is 3.91. The Morgan fingerprint density at radius 1 is 1.26 bits per heavy atom. The van der Waals surface area contributed by atoms with E-state index in [4.69, 9.17) is 0 Å². The Morgan fingerprint density at radius 3 is 2.32 bits per heavy atom. The number of halogens is 1. The fourth-order valence-electron chi connectivity index (χ4n) is 2.53. The standard InChI is InChI=1S/C13H14FN3O2/c1-12(2)7-13(12)10(18)17(11(19)15-13)16-9-5-3-8(14)4-6-9/h3-6,16H,7H2,1-2H3,(H,15,19). The Bertz CT molecular complexity index is 570. The van der Waals surface area contributed by atoms with Crippen LogP contribution in [-0.2, 0) is 4.79 Å². The Labute approximate surface area is 109 Å². The Hall–Kier alpha value is -2.11. The number of hydrogen-bond donors (Lipinski definition) is 2. The highest BCUT2D eigenvalue weighted by atomic mass is 19.1. The van der Waals surface area contributed by atoms with Crippen LogP contribution in [0, 0.1) is 11.2 Å². The van der Waals surface area contributed by atoms with Gasteiger partial charge in [-0.1, -0.05) is 13.8 Å². The fraction of sp³-hybridized carbons (Fsp3) is 0.385. The first-order valence-electron chi connectivity index (χ1n) is 6.05. The van der Waals surface area contributed by atoms with E-state index in [1.54, 1.807) is 0 Å². The summed E-state index contributed by atoms with van der Waals surface area (Å²) in [6.07, 6.45) is 0.631. The largest absolute Gasteiger partial charge is 0.344 e. The molecule has 0 bridgehead atoms. The molecule has 1 saturated heterocycles. The second kappa shape index (κ2) is 3.46. The van der Waals surface area contributed by atoms with Crippen LogP contribution >= 0.6 is 0 Å². The molecule has 1 aromatic carbocycles. The van der Waals surface area contributed by atoms with Crippen molar-refractivity contribution in [2.75, 3.05) is 5.43 Å². The van der Waals surface area contributed by atoms with Gasteiger partial charge in [-0.3, -0.25) is 10.2 Å². The minimum Gasteiger partial charge on any atom is -0.321 e. The molecule has 0 radical (unpaired) electrons. The number of anilines is 1. The van der Waals surface area contributed by atoms with E-state index in [2.05, 4.69) is 10.7 Å². The van der Waals surface area contributed by atoms with E-state index in [1.807, 2.05) is 13.8 Å². The van der Waals surface area contributed by atoms with Crippen LogP contribution in [0.5, 0.6) is 0 Å². The first kappa shape index (κ1) is 12.0. The molecule has 5 nitrogen and oxygen atoms in total. The number of nitrogens with one attached hydrogen (secondary N) is 2. The van der Waals surface area contributed by atoms with E-state index >= 15 is 0 Å². The SMILES string of the molecule is CC1(C)CC12NC(=O)N(Nc1ccc(F)cc1)C2=O. The van der Waals surface area contributed by atoms with E-state index in [0.29, 0.717) is 12.1 Å². The lowest BCUT2D eigenvalue weighted by Crippen LogP contribution is -2.38. The van der Waals surface area contributed by atoms with Gasteiger partial charge in [0, 0.05) is 0 Å². The molecule has 2 N–H and O–H groups in total. The highest BCUT2D eigenvalue weighted by molar-refractivity contribution is 6.10. The maximum absolute atomic E-state index is 12.8. The Balaban J connectivity index is 1.81. The summed E-state index contributed by atoms with van der Waals surface area (Å²) in [5.74, 6) is -0.658. The predicted molar refractivity (Wildman–Crippen MR) is 66.5 cm³/mol. The van der Waals surface area contributed by atoms with Gasteiger partial charge < -0.3 is 5.32 Å². The number of urea groups is 1. The molecule has 2 fully saturated rings. The number of rotatable bonds is 2. The number of imide groups is 1. The minimum absolute atomic E-state index is 0.223. The van der Waals surface area contributed by atoms with Crippen molar-refractivity contribution in [3.8, 4) is 0 Å².